The molecule has 0 bridgehead atoms. The Morgan fingerprint density at radius 2 is 2.10 bits per heavy atom. The van der Waals surface area contributed by atoms with E-state index in [9.17, 15) is 9.59 Å². The van der Waals surface area contributed by atoms with Gasteiger partial charge in [0.1, 0.15) is 0 Å². The van der Waals surface area contributed by atoms with Crippen LogP contribution in [0.15, 0.2) is 12.4 Å². The number of carbonyl (C=O) groups is 2. The number of urea groups is 1. The van der Waals surface area contributed by atoms with Crippen LogP contribution in [0.3, 0.4) is 0 Å². The molecule has 0 spiro atoms. The van der Waals surface area contributed by atoms with Gasteiger partial charge in [0, 0.05) is 12.7 Å². The summed E-state index contributed by atoms with van der Waals surface area (Å²) in [5.74, 6) is -1.09. The van der Waals surface area contributed by atoms with Crippen LogP contribution in [-0.4, -0.2) is 33.6 Å². The summed E-state index contributed by atoms with van der Waals surface area (Å²) >= 11 is 0. The fourth-order valence-electron chi connectivity index (χ4n) is 2.57. The van der Waals surface area contributed by atoms with E-state index in [4.69, 9.17) is 5.11 Å². The van der Waals surface area contributed by atoms with Gasteiger partial charge < -0.3 is 15.7 Å². The fourth-order valence-corrected chi connectivity index (χ4v) is 2.57. The molecule has 114 valence electrons. The minimum atomic E-state index is -0.769. The number of nitrogens with zero attached hydrogens (tertiary/aromatic N) is 2. The van der Waals surface area contributed by atoms with E-state index in [1.165, 1.54) is 0 Å². The molecule has 7 heteroatoms. The minimum absolute atomic E-state index is 0.0208. The van der Waals surface area contributed by atoms with Gasteiger partial charge in [0.2, 0.25) is 0 Å². The van der Waals surface area contributed by atoms with E-state index in [0.717, 1.165) is 18.5 Å². The van der Waals surface area contributed by atoms with Crippen LogP contribution < -0.4 is 10.6 Å². The minimum Gasteiger partial charge on any atom is -0.481 e. The lowest BCUT2D eigenvalue weighted by Gasteiger charge is -2.16. The number of carboxylic acids is 1. The summed E-state index contributed by atoms with van der Waals surface area (Å²) in [6.45, 7) is 2.53. The predicted molar refractivity (Wildman–Crippen MR) is 75.5 cm³/mol. The van der Waals surface area contributed by atoms with E-state index >= 15 is 0 Å². The first-order chi connectivity index (χ1) is 10.1. The number of amides is 2. The monoisotopic (exact) mass is 292 g/mol. The van der Waals surface area contributed by atoms with E-state index in [-0.39, 0.29) is 17.9 Å². The maximum atomic E-state index is 11.7. The van der Waals surface area contributed by atoms with Gasteiger partial charge in [-0.15, -0.1) is 0 Å². The third-order valence-corrected chi connectivity index (χ3v) is 3.77. The Hall–Kier alpha value is -2.18. The average Bonchev–Trinajstić information content (AvgIpc) is 2.93. The molecule has 1 aromatic rings. The molecule has 2 amide bonds. The maximum Gasteiger partial charge on any atom is 0.315 e. The molecule has 1 heterocycles. The molecular weight excluding hydrogens is 272 g/mol. The first-order valence-electron chi connectivity index (χ1n) is 7.08. The Kier molecular flexibility index (Phi) is 5.08. The number of aromatic nitrogens is 2. The molecule has 1 aliphatic rings. The summed E-state index contributed by atoms with van der Waals surface area (Å²) < 4.78 is 0. The van der Waals surface area contributed by atoms with Crippen molar-refractivity contribution in [3.05, 3.63) is 23.8 Å². The SMILES string of the molecule is Cc1cnc(CNC(=O)NCC2CCCC2C(=O)O)cn1. The molecule has 0 aliphatic heterocycles. The topological polar surface area (TPSA) is 104 Å². The second-order valence-corrected chi connectivity index (χ2v) is 5.35. The fraction of sp³-hybridized carbons (Fsp3) is 0.571. The second kappa shape index (κ2) is 7.01. The third kappa shape index (κ3) is 4.40. The van der Waals surface area contributed by atoms with Gasteiger partial charge >= 0.3 is 12.0 Å². The smallest absolute Gasteiger partial charge is 0.315 e. The lowest BCUT2D eigenvalue weighted by atomic mass is 9.96. The van der Waals surface area contributed by atoms with Crippen LogP contribution in [0.5, 0.6) is 0 Å². The van der Waals surface area contributed by atoms with Crippen molar-refractivity contribution in [3.8, 4) is 0 Å². The van der Waals surface area contributed by atoms with Crippen molar-refractivity contribution in [2.45, 2.75) is 32.7 Å². The third-order valence-electron chi connectivity index (χ3n) is 3.77. The molecule has 1 saturated carbocycles. The van der Waals surface area contributed by atoms with Crippen molar-refractivity contribution in [3.63, 3.8) is 0 Å². The van der Waals surface area contributed by atoms with Crippen LogP contribution in [0.25, 0.3) is 0 Å². The van der Waals surface area contributed by atoms with E-state index in [0.29, 0.717) is 25.2 Å². The van der Waals surface area contributed by atoms with Crippen molar-refractivity contribution in [2.75, 3.05) is 6.54 Å². The molecule has 1 aromatic heterocycles. The zero-order valence-corrected chi connectivity index (χ0v) is 12.0. The highest BCUT2D eigenvalue weighted by atomic mass is 16.4. The number of carboxylic acid groups (broad SMARTS) is 1. The van der Waals surface area contributed by atoms with Crippen molar-refractivity contribution in [2.24, 2.45) is 11.8 Å². The van der Waals surface area contributed by atoms with Gasteiger partial charge in [-0.1, -0.05) is 6.42 Å². The molecule has 1 fully saturated rings. The maximum absolute atomic E-state index is 11.7. The molecule has 0 radical (unpaired) electrons. The standard InChI is InChI=1S/C14H20N4O3/c1-9-5-16-11(7-15-9)8-18-14(21)17-6-10-3-2-4-12(10)13(19)20/h5,7,10,12H,2-4,6,8H2,1H3,(H,19,20)(H2,17,18,21). The van der Waals surface area contributed by atoms with Crippen LogP contribution in [0, 0.1) is 18.8 Å². The summed E-state index contributed by atoms with van der Waals surface area (Å²) in [4.78, 5) is 31.0. The van der Waals surface area contributed by atoms with Crippen molar-refractivity contribution < 1.29 is 14.7 Å². The quantitative estimate of drug-likeness (QED) is 0.753. The highest BCUT2D eigenvalue weighted by molar-refractivity contribution is 5.74. The molecule has 7 nitrogen and oxygen atoms in total. The molecule has 1 aliphatic carbocycles. The summed E-state index contributed by atoms with van der Waals surface area (Å²) in [5.41, 5.74) is 1.50. The van der Waals surface area contributed by atoms with E-state index in [1.807, 2.05) is 6.92 Å². The zero-order chi connectivity index (χ0) is 15.2. The number of hydrogen-bond donors (Lipinski definition) is 3. The van der Waals surface area contributed by atoms with Crippen molar-refractivity contribution in [1.82, 2.24) is 20.6 Å². The molecule has 2 unspecified atom stereocenters. The molecule has 3 N–H and O–H groups in total. The van der Waals surface area contributed by atoms with Gasteiger partial charge in [-0.3, -0.25) is 14.8 Å². The molecular formula is C14H20N4O3. The molecule has 0 saturated heterocycles. The summed E-state index contributed by atoms with van der Waals surface area (Å²) in [5, 5.41) is 14.5. The number of aryl methyl sites for hydroxylation is 1. The summed E-state index contributed by atoms with van der Waals surface area (Å²) in [6, 6.07) is -0.312. The van der Waals surface area contributed by atoms with Crippen LogP contribution >= 0.6 is 0 Å². The second-order valence-electron chi connectivity index (χ2n) is 5.35. The van der Waals surface area contributed by atoms with Gasteiger partial charge in [0.15, 0.2) is 0 Å². The Balaban J connectivity index is 1.72. The largest absolute Gasteiger partial charge is 0.481 e. The number of aliphatic carboxylic acids is 1. The number of nitrogens with one attached hydrogen (secondary N) is 2. The Labute approximate surface area is 123 Å². The average molecular weight is 292 g/mol. The van der Waals surface area contributed by atoms with Gasteiger partial charge in [0.05, 0.1) is 30.0 Å². The predicted octanol–water partition coefficient (Wildman–Crippen LogP) is 1.09. The van der Waals surface area contributed by atoms with Crippen LogP contribution in [0.4, 0.5) is 4.79 Å². The van der Waals surface area contributed by atoms with Gasteiger partial charge in [-0.2, -0.15) is 0 Å². The van der Waals surface area contributed by atoms with Crippen LogP contribution in [0.2, 0.25) is 0 Å². The van der Waals surface area contributed by atoms with E-state index < -0.39 is 5.97 Å². The highest BCUT2D eigenvalue weighted by Gasteiger charge is 2.32. The Morgan fingerprint density at radius 1 is 1.29 bits per heavy atom. The first kappa shape index (κ1) is 15.2. The summed E-state index contributed by atoms with van der Waals surface area (Å²) in [7, 11) is 0. The number of hydrogen-bond acceptors (Lipinski definition) is 4. The van der Waals surface area contributed by atoms with Gasteiger partial charge in [-0.25, -0.2) is 4.79 Å². The Morgan fingerprint density at radius 3 is 2.76 bits per heavy atom. The van der Waals surface area contributed by atoms with Gasteiger partial charge in [-0.05, 0) is 25.7 Å². The lowest BCUT2D eigenvalue weighted by molar-refractivity contribution is -0.142. The van der Waals surface area contributed by atoms with Gasteiger partial charge in [0.25, 0.3) is 0 Å². The molecule has 2 rings (SSSR count). The summed E-state index contributed by atoms with van der Waals surface area (Å²) in [6.07, 6.45) is 5.71. The Bertz CT molecular complexity index is 503. The van der Waals surface area contributed by atoms with Crippen LogP contribution in [-0.2, 0) is 11.3 Å². The van der Waals surface area contributed by atoms with Crippen LogP contribution in [0.1, 0.15) is 30.7 Å². The number of rotatable bonds is 5. The van der Waals surface area contributed by atoms with Crippen molar-refractivity contribution in [1.29, 1.82) is 0 Å². The molecule has 2 atom stereocenters. The van der Waals surface area contributed by atoms with E-state index in [2.05, 4.69) is 20.6 Å². The first-order valence-corrected chi connectivity index (χ1v) is 7.08. The number of carbonyl (C=O) groups excluding carboxylic acids is 1. The van der Waals surface area contributed by atoms with E-state index in [1.54, 1.807) is 12.4 Å². The highest BCUT2D eigenvalue weighted by Crippen LogP contribution is 2.31. The molecule has 21 heavy (non-hydrogen) atoms. The molecule has 0 aromatic carbocycles. The zero-order valence-electron chi connectivity index (χ0n) is 12.0. The normalized spacial score (nSPS) is 21.0. The van der Waals surface area contributed by atoms with Crippen molar-refractivity contribution >= 4 is 12.0 Å². The lowest BCUT2D eigenvalue weighted by Crippen LogP contribution is -2.39.